The first-order chi connectivity index (χ1) is 8.79. The molecule has 0 heterocycles. The molecule has 2 rings (SSSR count). The highest BCUT2D eigenvalue weighted by Gasteiger charge is 2.16. The molecule has 100 valence electrons. The fourth-order valence-corrected chi connectivity index (χ4v) is 2.96. The van der Waals surface area contributed by atoms with Gasteiger partial charge in [0.15, 0.2) is 0 Å². The van der Waals surface area contributed by atoms with E-state index < -0.39 is 0 Å². The van der Waals surface area contributed by atoms with Crippen LogP contribution in [0.15, 0.2) is 24.3 Å². The van der Waals surface area contributed by atoms with Gasteiger partial charge in [-0.1, -0.05) is 44.4 Å². The molecule has 0 atom stereocenters. The van der Waals surface area contributed by atoms with E-state index in [9.17, 15) is 0 Å². The minimum absolute atomic E-state index is 0.906. The maximum atomic E-state index is 6.03. The van der Waals surface area contributed by atoms with Crippen LogP contribution in [-0.2, 0) is 6.54 Å². The Labute approximate surface area is 111 Å². The molecule has 0 radical (unpaired) electrons. The molecule has 1 aromatic rings. The van der Waals surface area contributed by atoms with Gasteiger partial charge in [0, 0.05) is 18.8 Å². The van der Waals surface area contributed by atoms with Crippen molar-refractivity contribution >= 4 is 5.69 Å². The third kappa shape index (κ3) is 3.74. The monoisotopic (exact) mass is 246 g/mol. The van der Waals surface area contributed by atoms with Crippen molar-refractivity contribution in [1.82, 2.24) is 4.90 Å². The third-order valence-corrected chi connectivity index (χ3v) is 4.14. The Morgan fingerprint density at radius 3 is 2.56 bits per heavy atom. The molecule has 1 fully saturated rings. The molecule has 0 bridgehead atoms. The van der Waals surface area contributed by atoms with Crippen molar-refractivity contribution in [1.29, 1.82) is 0 Å². The van der Waals surface area contributed by atoms with E-state index in [1.165, 1.54) is 44.2 Å². The highest BCUT2D eigenvalue weighted by Crippen LogP contribution is 2.25. The van der Waals surface area contributed by atoms with E-state index in [0.717, 1.165) is 24.7 Å². The molecule has 2 N–H and O–H groups in total. The Hall–Kier alpha value is -1.02. The SMILES string of the molecule is CCN(Cc1ccccc1N)CC1CCCCC1. The first-order valence-electron chi connectivity index (χ1n) is 7.35. The van der Waals surface area contributed by atoms with Gasteiger partial charge in [0.25, 0.3) is 0 Å². The third-order valence-electron chi connectivity index (χ3n) is 4.14. The fraction of sp³-hybridized carbons (Fsp3) is 0.625. The molecule has 0 aliphatic heterocycles. The standard InChI is InChI=1S/C16H26N2/c1-2-18(12-14-8-4-3-5-9-14)13-15-10-6-7-11-16(15)17/h6-7,10-11,14H,2-5,8-9,12-13,17H2,1H3. The summed E-state index contributed by atoms with van der Waals surface area (Å²) in [7, 11) is 0. The van der Waals surface area contributed by atoms with Crippen LogP contribution in [0.25, 0.3) is 0 Å². The van der Waals surface area contributed by atoms with E-state index in [2.05, 4.69) is 24.0 Å². The van der Waals surface area contributed by atoms with Crippen LogP contribution in [0, 0.1) is 5.92 Å². The average Bonchev–Trinajstić information content (AvgIpc) is 2.41. The summed E-state index contributed by atoms with van der Waals surface area (Å²) in [6, 6.07) is 8.25. The van der Waals surface area contributed by atoms with Gasteiger partial charge in [-0.2, -0.15) is 0 Å². The van der Waals surface area contributed by atoms with Crippen LogP contribution in [0.1, 0.15) is 44.6 Å². The van der Waals surface area contributed by atoms with E-state index >= 15 is 0 Å². The van der Waals surface area contributed by atoms with E-state index in [-0.39, 0.29) is 0 Å². The zero-order valence-electron chi connectivity index (χ0n) is 11.6. The van der Waals surface area contributed by atoms with Crippen molar-refractivity contribution in [3.63, 3.8) is 0 Å². The minimum atomic E-state index is 0.906. The Morgan fingerprint density at radius 1 is 1.17 bits per heavy atom. The molecule has 0 aromatic heterocycles. The lowest BCUT2D eigenvalue weighted by atomic mass is 9.89. The predicted molar refractivity (Wildman–Crippen MR) is 78.4 cm³/mol. The Kier molecular flexibility index (Phi) is 5.06. The number of nitrogen functional groups attached to an aromatic ring is 1. The molecule has 2 heteroatoms. The van der Waals surface area contributed by atoms with Crippen LogP contribution in [-0.4, -0.2) is 18.0 Å². The van der Waals surface area contributed by atoms with Gasteiger partial charge in [-0.25, -0.2) is 0 Å². The maximum Gasteiger partial charge on any atom is 0.0359 e. The van der Waals surface area contributed by atoms with Crippen molar-refractivity contribution in [3.05, 3.63) is 29.8 Å². The van der Waals surface area contributed by atoms with Crippen LogP contribution in [0.2, 0.25) is 0 Å². The van der Waals surface area contributed by atoms with Gasteiger partial charge >= 0.3 is 0 Å². The quantitative estimate of drug-likeness (QED) is 0.803. The zero-order valence-corrected chi connectivity index (χ0v) is 11.6. The van der Waals surface area contributed by atoms with Crippen molar-refractivity contribution in [2.45, 2.75) is 45.6 Å². The molecule has 0 unspecified atom stereocenters. The second-order valence-electron chi connectivity index (χ2n) is 5.53. The van der Waals surface area contributed by atoms with Gasteiger partial charge in [-0.15, -0.1) is 0 Å². The molecule has 1 aliphatic carbocycles. The van der Waals surface area contributed by atoms with E-state index in [0.29, 0.717) is 0 Å². The number of anilines is 1. The molecule has 0 saturated heterocycles. The van der Waals surface area contributed by atoms with Crippen molar-refractivity contribution in [2.24, 2.45) is 5.92 Å². The van der Waals surface area contributed by atoms with Crippen molar-refractivity contribution in [2.75, 3.05) is 18.8 Å². The molecule has 1 saturated carbocycles. The molecule has 18 heavy (non-hydrogen) atoms. The minimum Gasteiger partial charge on any atom is -0.398 e. The summed E-state index contributed by atoms with van der Waals surface area (Å²) in [4.78, 5) is 2.54. The van der Waals surface area contributed by atoms with E-state index in [4.69, 9.17) is 5.73 Å². The highest BCUT2D eigenvalue weighted by molar-refractivity contribution is 5.46. The molecule has 2 nitrogen and oxygen atoms in total. The van der Waals surface area contributed by atoms with Gasteiger partial charge in [0.05, 0.1) is 0 Å². The molecule has 1 aromatic carbocycles. The van der Waals surface area contributed by atoms with Crippen molar-refractivity contribution < 1.29 is 0 Å². The molecular weight excluding hydrogens is 220 g/mol. The van der Waals surface area contributed by atoms with Crippen LogP contribution in [0.5, 0.6) is 0 Å². The summed E-state index contributed by atoms with van der Waals surface area (Å²) in [5.41, 5.74) is 8.23. The largest absolute Gasteiger partial charge is 0.398 e. The first kappa shape index (κ1) is 13.4. The highest BCUT2D eigenvalue weighted by atomic mass is 15.1. The van der Waals surface area contributed by atoms with E-state index in [1.807, 2.05) is 12.1 Å². The number of nitrogens with two attached hydrogens (primary N) is 1. The van der Waals surface area contributed by atoms with E-state index in [1.54, 1.807) is 0 Å². The number of rotatable bonds is 5. The van der Waals surface area contributed by atoms with Crippen LogP contribution in [0.3, 0.4) is 0 Å². The smallest absolute Gasteiger partial charge is 0.0359 e. The summed E-state index contributed by atoms with van der Waals surface area (Å²) in [6.07, 6.45) is 7.13. The first-order valence-corrected chi connectivity index (χ1v) is 7.35. The lowest BCUT2D eigenvalue weighted by Gasteiger charge is -2.29. The van der Waals surface area contributed by atoms with Crippen LogP contribution in [0.4, 0.5) is 5.69 Å². The van der Waals surface area contributed by atoms with Crippen LogP contribution >= 0.6 is 0 Å². The molecule has 0 spiro atoms. The Bertz CT molecular complexity index is 356. The number of para-hydroxylation sites is 1. The molecular formula is C16H26N2. The lowest BCUT2D eigenvalue weighted by molar-refractivity contribution is 0.202. The Morgan fingerprint density at radius 2 is 1.89 bits per heavy atom. The lowest BCUT2D eigenvalue weighted by Crippen LogP contribution is -2.30. The summed E-state index contributed by atoms with van der Waals surface area (Å²) >= 11 is 0. The maximum absolute atomic E-state index is 6.03. The van der Waals surface area contributed by atoms with Gasteiger partial charge in [-0.3, -0.25) is 4.90 Å². The normalized spacial score (nSPS) is 17.2. The van der Waals surface area contributed by atoms with Gasteiger partial charge < -0.3 is 5.73 Å². The molecule has 1 aliphatic rings. The number of hydrogen-bond acceptors (Lipinski definition) is 2. The summed E-state index contributed by atoms with van der Waals surface area (Å²) in [5.74, 6) is 0.906. The zero-order chi connectivity index (χ0) is 12.8. The average molecular weight is 246 g/mol. The van der Waals surface area contributed by atoms with Crippen LogP contribution < -0.4 is 5.73 Å². The number of nitrogens with zero attached hydrogens (tertiary/aromatic N) is 1. The predicted octanol–water partition coefficient (Wildman–Crippen LogP) is 3.67. The number of benzene rings is 1. The topological polar surface area (TPSA) is 29.3 Å². The second kappa shape index (κ2) is 6.79. The van der Waals surface area contributed by atoms with Crippen molar-refractivity contribution in [3.8, 4) is 0 Å². The van der Waals surface area contributed by atoms with Gasteiger partial charge in [0.1, 0.15) is 0 Å². The van der Waals surface area contributed by atoms with Gasteiger partial charge in [-0.05, 0) is 36.9 Å². The fourth-order valence-electron chi connectivity index (χ4n) is 2.96. The molecule has 0 amide bonds. The van der Waals surface area contributed by atoms with Gasteiger partial charge in [0.2, 0.25) is 0 Å². The summed E-state index contributed by atoms with van der Waals surface area (Å²) in [5, 5.41) is 0. The number of hydrogen-bond donors (Lipinski definition) is 1. The second-order valence-corrected chi connectivity index (χ2v) is 5.53. The Balaban J connectivity index is 1.90. The summed E-state index contributed by atoms with van der Waals surface area (Å²) < 4.78 is 0. The summed E-state index contributed by atoms with van der Waals surface area (Å²) in [6.45, 7) is 5.61.